The van der Waals surface area contributed by atoms with Gasteiger partial charge in [-0.1, -0.05) is 0 Å². The number of hydrogen-bond donors (Lipinski definition) is 1. The summed E-state index contributed by atoms with van der Waals surface area (Å²) in [5.41, 5.74) is 1.52. The summed E-state index contributed by atoms with van der Waals surface area (Å²) in [5, 5.41) is 0. The van der Waals surface area contributed by atoms with Crippen LogP contribution in [-0.4, -0.2) is 26.1 Å². The van der Waals surface area contributed by atoms with Crippen molar-refractivity contribution in [1.82, 2.24) is 9.29 Å². The van der Waals surface area contributed by atoms with Crippen molar-refractivity contribution < 1.29 is 13.2 Å². The lowest BCUT2D eigenvalue weighted by Gasteiger charge is -2.13. The van der Waals surface area contributed by atoms with E-state index in [1.807, 2.05) is 42.9 Å². The highest BCUT2D eigenvalue weighted by Crippen LogP contribution is 2.25. The van der Waals surface area contributed by atoms with Gasteiger partial charge in [0.15, 0.2) is 0 Å². The van der Waals surface area contributed by atoms with Gasteiger partial charge in [0.05, 0.1) is 11.5 Å². The zero-order valence-corrected chi connectivity index (χ0v) is 14.7. The highest BCUT2D eigenvalue weighted by atomic mass is 32.2. The molecule has 0 saturated heterocycles. The molecule has 0 aliphatic carbocycles. The van der Waals surface area contributed by atoms with Crippen molar-refractivity contribution in [1.29, 1.82) is 0 Å². The lowest BCUT2D eigenvalue weighted by Crippen LogP contribution is -2.26. The van der Waals surface area contributed by atoms with E-state index >= 15 is 0 Å². The van der Waals surface area contributed by atoms with Crippen molar-refractivity contribution in [3.8, 4) is 5.75 Å². The molecule has 2 rings (SSSR count). The van der Waals surface area contributed by atoms with Crippen LogP contribution < -0.4 is 9.46 Å². The molecule has 126 valence electrons. The Kier molecular flexibility index (Phi) is 5.85. The Bertz CT molecular complexity index is 737. The van der Waals surface area contributed by atoms with Crippen molar-refractivity contribution >= 4 is 10.0 Å². The molecule has 1 N–H and O–H groups in total. The number of nitrogens with zero attached hydrogens (tertiary/aromatic N) is 1. The van der Waals surface area contributed by atoms with E-state index in [9.17, 15) is 8.42 Å². The summed E-state index contributed by atoms with van der Waals surface area (Å²) in [6.45, 7) is 7.31. The predicted molar refractivity (Wildman–Crippen MR) is 91.3 cm³/mol. The van der Waals surface area contributed by atoms with Gasteiger partial charge in [0.1, 0.15) is 5.75 Å². The van der Waals surface area contributed by atoms with Crippen LogP contribution in [0.3, 0.4) is 0 Å². The third kappa shape index (κ3) is 4.59. The number of ether oxygens (including phenoxy) is 1. The summed E-state index contributed by atoms with van der Waals surface area (Å²) in [5.74, 6) is 0.733. The van der Waals surface area contributed by atoms with Crippen molar-refractivity contribution in [3.63, 3.8) is 0 Å². The third-order valence-corrected chi connectivity index (χ3v) is 5.22. The van der Waals surface area contributed by atoms with Gasteiger partial charge in [-0.15, -0.1) is 0 Å². The molecule has 2 aromatic rings. The zero-order valence-electron chi connectivity index (χ0n) is 13.9. The first-order chi connectivity index (χ1) is 10.9. The lowest BCUT2D eigenvalue weighted by molar-refractivity contribution is 0.337. The molecule has 0 aliphatic heterocycles. The Morgan fingerprint density at radius 3 is 2.48 bits per heavy atom. The van der Waals surface area contributed by atoms with Gasteiger partial charge < -0.3 is 9.30 Å². The van der Waals surface area contributed by atoms with Gasteiger partial charge in [0.2, 0.25) is 10.0 Å². The molecule has 6 heteroatoms. The average molecular weight is 336 g/mol. The van der Waals surface area contributed by atoms with Crippen LogP contribution in [0.5, 0.6) is 5.75 Å². The second kappa shape index (κ2) is 7.66. The minimum atomic E-state index is -3.50. The summed E-state index contributed by atoms with van der Waals surface area (Å²) < 4.78 is 35.2. The number of rotatable bonds is 8. The molecule has 0 aliphatic rings. The summed E-state index contributed by atoms with van der Waals surface area (Å²) >= 11 is 0. The molecule has 0 saturated carbocycles. The van der Waals surface area contributed by atoms with Gasteiger partial charge in [0.25, 0.3) is 0 Å². The van der Waals surface area contributed by atoms with Gasteiger partial charge in [-0.2, -0.15) is 0 Å². The van der Waals surface area contributed by atoms with Gasteiger partial charge in [0, 0.05) is 25.5 Å². The Labute approximate surface area is 138 Å². The fourth-order valence-electron chi connectivity index (χ4n) is 2.43. The molecule has 1 heterocycles. The van der Waals surface area contributed by atoms with E-state index in [0.29, 0.717) is 23.6 Å². The highest BCUT2D eigenvalue weighted by molar-refractivity contribution is 7.89. The molecule has 5 nitrogen and oxygen atoms in total. The maximum Gasteiger partial charge on any atom is 0.240 e. The minimum absolute atomic E-state index is 0.319. The molecule has 0 radical (unpaired) electrons. The van der Waals surface area contributed by atoms with E-state index in [1.54, 1.807) is 19.1 Å². The van der Waals surface area contributed by atoms with Crippen LogP contribution in [0.4, 0.5) is 0 Å². The molecule has 0 spiro atoms. The maximum atomic E-state index is 12.5. The SMILES string of the molecule is CCOc1cc(C)c(S(=O)(=O)NCCCn2cccc2)cc1C. The summed E-state index contributed by atoms with van der Waals surface area (Å²) in [6, 6.07) is 7.37. The first-order valence-corrected chi connectivity index (χ1v) is 9.27. The van der Waals surface area contributed by atoms with E-state index in [1.165, 1.54) is 0 Å². The summed E-state index contributed by atoms with van der Waals surface area (Å²) in [6.07, 6.45) is 4.67. The maximum absolute atomic E-state index is 12.5. The first kappa shape index (κ1) is 17.6. The fraction of sp³-hybridized carbons (Fsp3) is 0.412. The van der Waals surface area contributed by atoms with E-state index in [0.717, 1.165) is 24.3 Å². The second-order valence-corrected chi connectivity index (χ2v) is 7.22. The van der Waals surface area contributed by atoms with Crippen LogP contribution >= 0.6 is 0 Å². The monoisotopic (exact) mass is 336 g/mol. The Morgan fingerprint density at radius 1 is 1.13 bits per heavy atom. The standard InChI is InChI=1S/C17H24N2O3S/c1-4-22-16-12-15(3)17(13-14(16)2)23(20,21)18-8-7-11-19-9-5-6-10-19/h5-6,9-10,12-13,18H,4,7-8,11H2,1-3H3. The topological polar surface area (TPSA) is 60.3 Å². The number of benzene rings is 1. The molecule has 1 aromatic carbocycles. The van der Waals surface area contributed by atoms with Crippen LogP contribution in [0.2, 0.25) is 0 Å². The van der Waals surface area contributed by atoms with Gasteiger partial charge in [-0.05, 0) is 62.6 Å². The minimum Gasteiger partial charge on any atom is -0.494 e. The zero-order chi connectivity index (χ0) is 16.9. The van der Waals surface area contributed by atoms with Gasteiger partial charge in [-0.25, -0.2) is 13.1 Å². The number of sulfonamides is 1. The molecule has 1 aromatic heterocycles. The van der Waals surface area contributed by atoms with E-state index < -0.39 is 10.0 Å². The number of aryl methyl sites for hydroxylation is 3. The van der Waals surface area contributed by atoms with Gasteiger partial charge in [-0.3, -0.25) is 0 Å². The first-order valence-electron chi connectivity index (χ1n) is 7.78. The quantitative estimate of drug-likeness (QED) is 0.754. The highest BCUT2D eigenvalue weighted by Gasteiger charge is 2.18. The van der Waals surface area contributed by atoms with Crippen molar-refractivity contribution in [2.45, 2.75) is 38.6 Å². The van der Waals surface area contributed by atoms with Gasteiger partial charge >= 0.3 is 0 Å². The van der Waals surface area contributed by atoms with E-state index in [4.69, 9.17) is 4.74 Å². The molecule has 0 amide bonds. The van der Waals surface area contributed by atoms with E-state index in [2.05, 4.69) is 4.72 Å². The molecular weight excluding hydrogens is 312 g/mol. The van der Waals surface area contributed by atoms with Crippen LogP contribution in [-0.2, 0) is 16.6 Å². The van der Waals surface area contributed by atoms with Crippen molar-refractivity contribution in [2.24, 2.45) is 0 Å². The smallest absolute Gasteiger partial charge is 0.240 e. The second-order valence-electron chi connectivity index (χ2n) is 5.49. The van der Waals surface area contributed by atoms with Crippen LogP contribution in [0, 0.1) is 13.8 Å². The van der Waals surface area contributed by atoms with Crippen LogP contribution in [0.1, 0.15) is 24.5 Å². The average Bonchev–Trinajstić information content (AvgIpc) is 3.00. The Hall–Kier alpha value is -1.79. The molecular formula is C17H24N2O3S. The predicted octanol–water partition coefficient (Wildman–Crippen LogP) is 2.87. The summed E-state index contributed by atoms with van der Waals surface area (Å²) in [4.78, 5) is 0.319. The van der Waals surface area contributed by atoms with Crippen LogP contribution in [0.15, 0.2) is 41.6 Å². The largest absolute Gasteiger partial charge is 0.494 e. The molecule has 0 bridgehead atoms. The molecule has 23 heavy (non-hydrogen) atoms. The lowest BCUT2D eigenvalue weighted by atomic mass is 10.1. The number of hydrogen-bond acceptors (Lipinski definition) is 3. The molecule has 0 unspecified atom stereocenters. The fourth-order valence-corrected chi connectivity index (χ4v) is 3.81. The normalized spacial score (nSPS) is 11.6. The number of nitrogens with one attached hydrogen (secondary N) is 1. The number of aromatic nitrogens is 1. The summed E-state index contributed by atoms with van der Waals surface area (Å²) in [7, 11) is -3.50. The Morgan fingerprint density at radius 2 is 1.83 bits per heavy atom. The molecule has 0 fully saturated rings. The van der Waals surface area contributed by atoms with Crippen molar-refractivity contribution in [3.05, 3.63) is 47.8 Å². The third-order valence-electron chi connectivity index (χ3n) is 3.61. The van der Waals surface area contributed by atoms with Crippen LogP contribution in [0.25, 0.3) is 0 Å². The van der Waals surface area contributed by atoms with Crippen molar-refractivity contribution in [2.75, 3.05) is 13.2 Å². The molecule has 0 atom stereocenters. The Balaban J connectivity index is 2.02. The van der Waals surface area contributed by atoms with E-state index in [-0.39, 0.29) is 0 Å².